The highest BCUT2D eigenvalue weighted by molar-refractivity contribution is 6.36. The molecule has 150 valence electrons. The zero-order valence-electron chi connectivity index (χ0n) is 17.3. The third-order valence-electron chi connectivity index (χ3n) is 4.64. The van der Waals surface area contributed by atoms with Crippen molar-refractivity contribution in [2.24, 2.45) is 0 Å². The number of nitrogens with zero attached hydrogens (tertiary/aromatic N) is 1. The Bertz CT molecular complexity index is 988. The van der Waals surface area contributed by atoms with Crippen molar-refractivity contribution >= 4 is 23.1 Å². The first-order valence-electron chi connectivity index (χ1n) is 9.64. The van der Waals surface area contributed by atoms with Crippen LogP contribution in [0.1, 0.15) is 30.5 Å². The number of anilines is 1. The molecule has 1 N–H and O–H groups in total. The molecule has 0 saturated carbocycles. The van der Waals surface area contributed by atoms with Gasteiger partial charge in [0.1, 0.15) is 11.4 Å². The van der Waals surface area contributed by atoms with Crippen LogP contribution in [0.15, 0.2) is 60.8 Å². The van der Waals surface area contributed by atoms with Gasteiger partial charge >= 0.3 is 0 Å². The highest BCUT2D eigenvalue weighted by Crippen LogP contribution is 2.32. The van der Waals surface area contributed by atoms with Crippen molar-refractivity contribution < 1.29 is 14.3 Å². The van der Waals surface area contributed by atoms with E-state index < -0.39 is 0 Å². The third kappa shape index (κ3) is 4.24. The lowest BCUT2D eigenvalue weighted by Crippen LogP contribution is -2.32. The monoisotopic (exact) mass is 390 g/mol. The Morgan fingerprint density at radius 1 is 1.07 bits per heavy atom. The molecule has 0 aliphatic carbocycles. The first kappa shape index (κ1) is 20.4. The summed E-state index contributed by atoms with van der Waals surface area (Å²) in [6.07, 6.45) is 1.60. The molecule has 1 aliphatic heterocycles. The van der Waals surface area contributed by atoms with Crippen LogP contribution in [-0.2, 0) is 9.59 Å². The van der Waals surface area contributed by atoms with Crippen molar-refractivity contribution in [3.8, 4) is 5.75 Å². The normalized spacial score (nSPS) is 14.0. The number of imide groups is 1. The molecule has 2 aromatic rings. The van der Waals surface area contributed by atoms with E-state index in [9.17, 15) is 9.59 Å². The van der Waals surface area contributed by atoms with Crippen LogP contribution >= 0.6 is 0 Å². The highest BCUT2D eigenvalue weighted by atomic mass is 16.5. The van der Waals surface area contributed by atoms with Gasteiger partial charge in [-0.3, -0.25) is 14.5 Å². The summed E-state index contributed by atoms with van der Waals surface area (Å²) in [6.45, 7) is 11.7. The molecular formula is C24H26N2O3. The van der Waals surface area contributed by atoms with Crippen molar-refractivity contribution in [3.63, 3.8) is 0 Å². The molecule has 2 amide bonds. The average molecular weight is 390 g/mol. The quantitative estimate of drug-likeness (QED) is 0.560. The van der Waals surface area contributed by atoms with E-state index in [1.165, 1.54) is 4.90 Å². The maximum Gasteiger partial charge on any atom is 0.278 e. The Labute approximate surface area is 171 Å². The molecule has 5 heteroatoms. The number of carbonyl (C=O) groups excluding carboxylic acids is 2. The molecular weight excluding hydrogens is 364 g/mol. The van der Waals surface area contributed by atoms with Crippen LogP contribution in [0, 0.1) is 13.8 Å². The molecule has 2 aromatic carbocycles. The van der Waals surface area contributed by atoms with Crippen molar-refractivity contribution in [1.29, 1.82) is 0 Å². The van der Waals surface area contributed by atoms with Crippen molar-refractivity contribution in [3.05, 3.63) is 77.5 Å². The fourth-order valence-corrected chi connectivity index (χ4v) is 3.32. The number of benzene rings is 2. The number of ether oxygens (including phenoxy) is 1. The van der Waals surface area contributed by atoms with E-state index in [-0.39, 0.29) is 30.2 Å². The third-order valence-corrected chi connectivity index (χ3v) is 4.64. The lowest BCUT2D eigenvalue weighted by atomic mass is 10.0. The molecule has 1 heterocycles. The minimum absolute atomic E-state index is 0.0552. The van der Waals surface area contributed by atoms with Crippen LogP contribution in [0.5, 0.6) is 5.75 Å². The van der Waals surface area contributed by atoms with Gasteiger partial charge in [0.05, 0.1) is 11.7 Å². The van der Waals surface area contributed by atoms with Gasteiger partial charge in [0.25, 0.3) is 11.8 Å². The van der Waals surface area contributed by atoms with Gasteiger partial charge in [-0.25, -0.2) is 0 Å². The Hall–Kier alpha value is -3.34. The lowest BCUT2D eigenvalue weighted by molar-refractivity contribution is -0.136. The number of aryl methyl sites for hydroxylation is 2. The predicted molar refractivity (Wildman–Crippen MR) is 116 cm³/mol. The SMILES string of the molecule is C=CCN1C(=O)C(Nc2ccc(C)cc2C)=C(c2ccc(OC(C)C)cc2)C1=O. The molecule has 3 rings (SSSR count). The first-order valence-corrected chi connectivity index (χ1v) is 9.64. The fourth-order valence-electron chi connectivity index (χ4n) is 3.32. The molecule has 0 aromatic heterocycles. The van der Waals surface area contributed by atoms with Crippen molar-refractivity contribution in [1.82, 2.24) is 4.90 Å². The number of carbonyl (C=O) groups is 2. The fraction of sp³-hybridized carbons (Fsp3) is 0.250. The van der Waals surface area contributed by atoms with E-state index in [2.05, 4.69) is 11.9 Å². The van der Waals surface area contributed by atoms with Crippen LogP contribution in [0.25, 0.3) is 5.57 Å². The minimum Gasteiger partial charge on any atom is -0.491 e. The van der Waals surface area contributed by atoms with Gasteiger partial charge in [-0.05, 0) is 57.0 Å². The number of hydrogen-bond acceptors (Lipinski definition) is 4. The molecule has 0 spiro atoms. The Kier molecular flexibility index (Phi) is 5.87. The van der Waals surface area contributed by atoms with Gasteiger partial charge in [-0.15, -0.1) is 6.58 Å². The van der Waals surface area contributed by atoms with E-state index in [1.807, 2.05) is 58.0 Å². The topological polar surface area (TPSA) is 58.6 Å². The smallest absolute Gasteiger partial charge is 0.278 e. The van der Waals surface area contributed by atoms with Gasteiger partial charge in [0, 0.05) is 12.2 Å². The Balaban J connectivity index is 2.04. The second kappa shape index (κ2) is 8.35. The first-order chi connectivity index (χ1) is 13.8. The number of rotatable bonds is 7. The van der Waals surface area contributed by atoms with Crippen LogP contribution in [-0.4, -0.2) is 29.4 Å². The second-order valence-corrected chi connectivity index (χ2v) is 7.39. The summed E-state index contributed by atoms with van der Waals surface area (Å²) in [5, 5.41) is 3.20. The molecule has 0 radical (unpaired) electrons. The van der Waals surface area contributed by atoms with E-state index in [0.717, 1.165) is 16.8 Å². The van der Waals surface area contributed by atoms with E-state index >= 15 is 0 Å². The highest BCUT2D eigenvalue weighted by Gasteiger charge is 2.38. The molecule has 0 unspecified atom stereocenters. The minimum atomic E-state index is -0.354. The van der Waals surface area contributed by atoms with Gasteiger partial charge in [-0.2, -0.15) is 0 Å². The summed E-state index contributed by atoms with van der Waals surface area (Å²) in [5.74, 6) is 0.0278. The van der Waals surface area contributed by atoms with Gasteiger partial charge in [0.2, 0.25) is 0 Å². The standard InChI is InChI=1S/C24H26N2O3/c1-6-13-26-23(27)21(18-8-10-19(11-9-18)29-15(2)3)22(24(26)28)25-20-12-7-16(4)14-17(20)5/h6-12,14-15,25H,1,13H2,2-5H3. The molecule has 0 fully saturated rings. The van der Waals surface area contributed by atoms with E-state index in [0.29, 0.717) is 16.9 Å². The molecule has 0 bridgehead atoms. The lowest BCUT2D eigenvalue weighted by Gasteiger charge is -2.13. The van der Waals surface area contributed by atoms with Crippen LogP contribution in [0.3, 0.4) is 0 Å². The summed E-state index contributed by atoms with van der Waals surface area (Å²) in [5.41, 5.74) is 4.22. The molecule has 0 atom stereocenters. The summed E-state index contributed by atoms with van der Waals surface area (Å²) in [6, 6.07) is 13.1. The zero-order valence-corrected chi connectivity index (χ0v) is 17.3. The zero-order chi connectivity index (χ0) is 21.1. The van der Waals surface area contributed by atoms with Gasteiger partial charge in [0.15, 0.2) is 0 Å². The maximum absolute atomic E-state index is 13.0. The van der Waals surface area contributed by atoms with Gasteiger partial charge in [-0.1, -0.05) is 35.9 Å². The Morgan fingerprint density at radius 2 is 1.76 bits per heavy atom. The summed E-state index contributed by atoms with van der Waals surface area (Å²) >= 11 is 0. The van der Waals surface area contributed by atoms with E-state index in [1.54, 1.807) is 18.2 Å². The molecule has 29 heavy (non-hydrogen) atoms. The average Bonchev–Trinajstić information content (AvgIpc) is 2.89. The summed E-state index contributed by atoms with van der Waals surface area (Å²) in [7, 11) is 0. The van der Waals surface area contributed by atoms with Gasteiger partial charge < -0.3 is 10.1 Å². The van der Waals surface area contributed by atoms with Crippen molar-refractivity contribution in [2.45, 2.75) is 33.8 Å². The van der Waals surface area contributed by atoms with Crippen LogP contribution in [0.4, 0.5) is 5.69 Å². The molecule has 5 nitrogen and oxygen atoms in total. The largest absolute Gasteiger partial charge is 0.491 e. The van der Waals surface area contributed by atoms with E-state index in [4.69, 9.17) is 4.74 Å². The summed E-state index contributed by atoms with van der Waals surface area (Å²) in [4.78, 5) is 27.2. The van der Waals surface area contributed by atoms with Crippen molar-refractivity contribution in [2.75, 3.05) is 11.9 Å². The number of amides is 2. The molecule has 1 aliphatic rings. The Morgan fingerprint density at radius 3 is 2.34 bits per heavy atom. The van der Waals surface area contributed by atoms with Crippen LogP contribution in [0.2, 0.25) is 0 Å². The second-order valence-electron chi connectivity index (χ2n) is 7.39. The molecule has 0 saturated heterocycles. The summed E-state index contributed by atoms with van der Waals surface area (Å²) < 4.78 is 5.68. The number of nitrogens with one attached hydrogen (secondary N) is 1. The maximum atomic E-state index is 13.0. The predicted octanol–water partition coefficient (Wildman–Crippen LogP) is 4.47. The van der Waals surface area contributed by atoms with Crippen LogP contribution < -0.4 is 10.1 Å². The number of hydrogen-bond donors (Lipinski definition) is 1.